The van der Waals surface area contributed by atoms with Gasteiger partial charge in [-0.3, -0.25) is 19.9 Å². The molecule has 0 unspecified atom stereocenters. The smallest absolute Gasteiger partial charge is 0.268 e. The lowest BCUT2D eigenvalue weighted by atomic mass is 9.65. The molecule has 8 nitrogen and oxygen atoms in total. The number of hydrogen-bond acceptors (Lipinski definition) is 6. The zero-order valence-electron chi connectivity index (χ0n) is 19.7. The molecule has 1 aliphatic carbocycles. The zero-order valence-corrected chi connectivity index (χ0v) is 20.5. The lowest BCUT2D eigenvalue weighted by Gasteiger charge is -2.46. The molecule has 36 heavy (non-hydrogen) atoms. The molecule has 1 saturated heterocycles. The Bertz CT molecular complexity index is 1500. The average molecular weight is 499 g/mol. The summed E-state index contributed by atoms with van der Waals surface area (Å²) in [5.74, 6) is 0.358. The van der Waals surface area contributed by atoms with Gasteiger partial charge in [-0.2, -0.15) is 0 Å². The largest absolute Gasteiger partial charge is 0.397 e. The number of anilines is 2. The predicted octanol–water partition coefficient (Wildman–Crippen LogP) is 4.73. The van der Waals surface area contributed by atoms with Gasteiger partial charge in [-0.1, -0.05) is 18.7 Å². The SMILES string of the molecule is C=CC(=O)N1CCC2(CC(n3c(NC(=O)c4ccc(-c5cncc(N)c5)s4)nc4ccccc43)C2)C1. The Balaban J connectivity index is 1.24. The van der Waals surface area contributed by atoms with Crippen LogP contribution in [0.15, 0.2) is 67.5 Å². The van der Waals surface area contributed by atoms with Gasteiger partial charge in [0.25, 0.3) is 5.91 Å². The quantitative estimate of drug-likeness (QED) is 0.387. The molecule has 0 radical (unpaired) electrons. The molecule has 3 N–H and O–H groups in total. The molecule has 2 fully saturated rings. The number of benzene rings is 1. The molecule has 1 saturated carbocycles. The molecule has 182 valence electrons. The van der Waals surface area contributed by atoms with Crippen LogP contribution in [0.2, 0.25) is 0 Å². The van der Waals surface area contributed by atoms with E-state index in [0.717, 1.165) is 53.8 Å². The molecule has 1 aromatic carbocycles. The number of imidazole rings is 1. The first-order valence-corrected chi connectivity index (χ1v) is 12.8. The number of nitrogens with zero attached hydrogens (tertiary/aromatic N) is 4. The number of carbonyl (C=O) groups excluding carboxylic acids is 2. The van der Waals surface area contributed by atoms with Crippen molar-refractivity contribution in [1.82, 2.24) is 19.4 Å². The molecule has 4 aromatic rings. The number of para-hydroxylation sites is 2. The van der Waals surface area contributed by atoms with E-state index in [1.165, 1.54) is 17.4 Å². The summed E-state index contributed by atoms with van der Waals surface area (Å²) >= 11 is 1.39. The van der Waals surface area contributed by atoms with Crippen molar-refractivity contribution in [2.24, 2.45) is 5.41 Å². The van der Waals surface area contributed by atoms with Crippen molar-refractivity contribution in [2.75, 3.05) is 24.1 Å². The number of fused-ring (bicyclic) bond motifs is 1. The Morgan fingerprint density at radius 3 is 2.83 bits per heavy atom. The van der Waals surface area contributed by atoms with Gasteiger partial charge in [0.15, 0.2) is 0 Å². The van der Waals surface area contributed by atoms with Gasteiger partial charge in [-0.25, -0.2) is 4.98 Å². The van der Waals surface area contributed by atoms with Crippen molar-refractivity contribution in [2.45, 2.75) is 25.3 Å². The summed E-state index contributed by atoms with van der Waals surface area (Å²) < 4.78 is 2.16. The summed E-state index contributed by atoms with van der Waals surface area (Å²) in [5.41, 5.74) is 9.31. The monoisotopic (exact) mass is 498 g/mol. The molecule has 1 spiro atoms. The third-order valence-electron chi connectivity index (χ3n) is 7.32. The number of amides is 2. The van der Waals surface area contributed by atoms with Crippen LogP contribution in [0.3, 0.4) is 0 Å². The van der Waals surface area contributed by atoms with Crippen LogP contribution in [-0.2, 0) is 4.79 Å². The summed E-state index contributed by atoms with van der Waals surface area (Å²) in [4.78, 5) is 37.6. The maximum absolute atomic E-state index is 13.2. The number of carbonyl (C=O) groups is 2. The van der Waals surface area contributed by atoms with Gasteiger partial charge in [-0.05, 0) is 61.1 Å². The van der Waals surface area contributed by atoms with Crippen molar-refractivity contribution in [3.63, 3.8) is 0 Å². The number of nitrogens with one attached hydrogen (secondary N) is 1. The molecule has 2 amide bonds. The molecule has 0 atom stereocenters. The average Bonchev–Trinajstić information content (AvgIpc) is 3.59. The molecular weight excluding hydrogens is 472 g/mol. The highest BCUT2D eigenvalue weighted by atomic mass is 32.1. The maximum Gasteiger partial charge on any atom is 0.268 e. The number of nitrogens with two attached hydrogens (primary N) is 1. The minimum Gasteiger partial charge on any atom is -0.397 e. The molecule has 4 heterocycles. The number of nitrogen functional groups attached to an aromatic ring is 1. The Morgan fingerprint density at radius 2 is 2.03 bits per heavy atom. The van der Waals surface area contributed by atoms with Crippen molar-refractivity contribution in [3.05, 3.63) is 72.4 Å². The van der Waals surface area contributed by atoms with Crippen LogP contribution < -0.4 is 11.1 Å². The van der Waals surface area contributed by atoms with E-state index in [1.54, 1.807) is 12.4 Å². The molecule has 2 aliphatic rings. The van der Waals surface area contributed by atoms with Gasteiger partial charge in [-0.15, -0.1) is 11.3 Å². The van der Waals surface area contributed by atoms with Crippen LogP contribution in [0.1, 0.15) is 35.0 Å². The topological polar surface area (TPSA) is 106 Å². The summed E-state index contributed by atoms with van der Waals surface area (Å²) in [6.07, 6.45) is 7.62. The van der Waals surface area contributed by atoms with Gasteiger partial charge in [0.05, 0.1) is 21.6 Å². The first-order chi connectivity index (χ1) is 17.4. The number of aromatic nitrogens is 3. The molecular formula is C27H26N6O2S. The zero-order chi connectivity index (χ0) is 24.9. The maximum atomic E-state index is 13.2. The Labute approximate surface area is 212 Å². The van der Waals surface area contributed by atoms with Gasteiger partial charge in [0.1, 0.15) is 0 Å². The van der Waals surface area contributed by atoms with Crippen molar-refractivity contribution >= 4 is 45.8 Å². The van der Waals surface area contributed by atoms with E-state index in [1.807, 2.05) is 47.4 Å². The van der Waals surface area contributed by atoms with E-state index in [0.29, 0.717) is 16.5 Å². The number of thiophene rings is 1. The van der Waals surface area contributed by atoms with Gasteiger partial charge in [0, 0.05) is 42.0 Å². The number of hydrogen-bond donors (Lipinski definition) is 2. The number of pyridine rings is 1. The summed E-state index contributed by atoms with van der Waals surface area (Å²) in [7, 11) is 0. The van der Waals surface area contributed by atoms with Crippen LogP contribution in [0.25, 0.3) is 21.5 Å². The summed E-state index contributed by atoms with van der Waals surface area (Å²) in [5, 5.41) is 3.06. The van der Waals surface area contributed by atoms with Crippen LogP contribution in [0, 0.1) is 5.41 Å². The highest BCUT2D eigenvalue weighted by Gasteiger charge is 2.50. The Morgan fingerprint density at radius 1 is 1.19 bits per heavy atom. The van der Waals surface area contributed by atoms with E-state index in [9.17, 15) is 9.59 Å². The first-order valence-electron chi connectivity index (χ1n) is 12.0. The van der Waals surface area contributed by atoms with E-state index in [2.05, 4.69) is 21.4 Å². The number of rotatable bonds is 5. The highest BCUT2D eigenvalue weighted by molar-refractivity contribution is 7.17. The minimum absolute atomic E-state index is 0.000598. The van der Waals surface area contributed by atoms with Gasteiger partial charge < -0.3 is 15.2 Å². The third-order valence-corrected chi connectivity index (χ3v) is 8.45. The van der Waals surface area contributed by atoms with Gasteiger partial charge >= 0.3 is 0 Å². The van der Waals surface area contributed by atoms with Crippen LogP contribution >= 0.6 is 11.3 Å². The standard InChI is InChI=1S/C27H26N6O2S/c1-2-24(34)32-10-9-27(16-32)12-19(13-27)33-21-6-4-3-5-20(21)30-26(33)31-25(35)23-8-7-22(36-23)17-11-18(28)15-29-14-17/h2-8,11,14-15,19H,1,9-10,12-13,16,28H2,(H,30,31,35). The molecule has 0 bridgehead atoms. The number of likely N-dealkylation sites (tertiary alicyclic amines) is 1. The Hall–Kier alpha value is -3.98. The second-order valence-corrected chi connectivity index (χ2v) is 10.8. The van der Waals surface area contributed by atoms with E-state index in [-0.39, 0.29) is 23.3 Å². The predicted molar refractivity (Wildman–Crippen MR) is 142 cm³/mol. The van der Waals surface area contributed by atoms with E-state index < -0.39 is 0 Å². The van der Waals surface area contributed by atoms with E-state index >= 15 is 0 Å². The normalized spacial score (nSPS) is 21.0. The molecule has 3 aromatic heterocycles. The molecule has 6 rings (SSSR count). The fourth-order valence-corrected chi connectivity index (χ4v) is 6.46. The fraction of sp³-hybridized carbons (Fsp3) is 0.259. The van der Waals surface area contributed by atoms with Crippen molar-refractivity contribution < 1.29 is 9.59 Å². The highest BCUT2D eigenvalue weighted by Crippen LogP contribution is 2.55. The molecule has 9 heteroatoms. The minimum atomic E-state index is -0.197. The van der Waals surface area contributed by atoms with E-state index in [4.69, 9.17) is 10.7 Å². The van der Waals surface area contributed by atoms with Crippen molar-refractivity contribution in [1.29, 1.82) is 0 Å². The van der Waals surface area contributed by atoms with Crippen LogP contribution in [0.4, 0.5) is 11.6 Å². The summed E-state index contributed by atoms with van der Waals surface area (Å²) in [6.45, 7) is 5.16. The third kappa shape index (κ3) is 3.85. The lowest BCUT2D eigenvalue weighted by Crippen LogP contribution is -2.42. The van der Waals surface area contributed by atoms with Gasteiger partial charge in [0.2, 0.25) is 11.9 Å². The first kappa shape index (κ1) is 22.5. The van der Waals surface area contributed by atoms with Crippen molar-refractivity contribution in [3.8, 4) is 10.4 Å². The van der Waals surface area contributed by atoms with Crippen LogP contribution in [-0.4, -0.2) is 44.3 Å². The summed E-state index contributed by atoms with van der Waals surface area (Å²) in [6, 6.07) is 13.7. The van der Waals surface area contributed by atoms with Crippen LogP contribution in [0.5, 0.6) is 0 Å². The lowest BCUT2D eigenvalue weighted by molar-refractivity contribution is -0.125. The second kappa shape index (κ2) is 8.60. The Kier molecular flexibility index (Phi) is 5.37. The fourth-order valence-electron chi connectivity index (χ4n) is 5.58. The second-order valence-electron chi connectivity index (χ2n) is 9.70. The molecule has 1 aliphatic heterocycles.